The van der Waals surface area contributed by atoms with E-state index in [-0.39, 0.29) is 5.78 Å². The Labute approximate surface area is 92.4 Å². The van der Waals surface area contributed by atoms with Crippen molar-refractivity contribution in [3.63, 3.8) is 0 Å². The summed E-state index contributed by atoms with van der Waals surface area (Å²) in [7, 11) is 0. The molecule has 0 aliphatic heterocycles. The van der Waals surface area contributed by atoms with Crippen LogP contribution in [0.15, 0.2) is 18.2 Å². The maximum Gasteiger partial charge on any atom is 0.159 e. The summed E-state index contributed by atoms with van der Waals surface area (Å²) in [6, 6.07) is 3.43. The van der Waals surface area contributed by atoms with Crippen molar-refractivity contribution < 1.29 is 13.6 Å². The Morgan fingerprint density at radius 3 is 2.56 bits per heavy atom. The summed E-state index contributed by atoms with van der Waals surface area (Å²) >= 11 is 0. The third-order valence-corrected chi connectivity index (χ3v) is 3.16. The second-order valence-corrected chi connectivity index (χ2v) is 4.23. The number of carbonyl (C=O) groups excluding carboxylic acids is 1. The summed E-state index contributed by atoms with van der Waals surface area (Å²) in [6.45, 7) is 0. The highest BCUT2D eigenvalue weighted by Gasteiger charge is 2.37. The first kappa shape index (κ1) is 11.2. The van der Waals surface area contributed by atoms with E-state index < -0.39 is 17.2 Å². The predicted octanol–water partition coefficient (Wildman–Crippen LogP) is 2.26. The lowest BCUT2D eigenvalue weighted by atomic mass is 9.76. The minimum atomic E-state index is -1.13. The summed E-state index contributed by atoms with van der Waals surface area (Å²) < 4.78 is 25.9. The minimum absolute atomic E-state index is 0.0928. The molecule has 4 heteroatoms. The first-order valence-electron chi connectivity index (χ1n) is 5.32. The highest BCUT2D eigenvalue weighted by Crippen LogP contribution is 2.32. The van der Waals surface area contributed by atoms with E-state index in [1.54, 1.807) is 0 Å². The highest BCUT2D eigenvalue weighted by atomic mass is 19.2. The molecule has 16 heavy (non-hydrogen) atoms. The average molecular weight is 225 g/mol. The maximum atomic E-state index is 13.1. The normalized spacial score (nSPS) is 25.8. The molecule has 1 unspecified atom stereocenters. The van der Waals surface area contributed by atoms with Crippen LogP contribution in [0.5, 0.6) is 0 Å². The molecule has 2 N–H and O–H groups in total. The molecular formula is C12H13F2NO. The first-order valence-corrected chi connectivity index (χ1v) is 5.32. The van der Waals surface area contributed by atoms with E-state index in [2.05, 4.69) is 0 Å². The maximum absolute atomic E-state index is 13.1. The van der Waals surface area contributed by atoms with Crippen molar-refractivity contribution in [3.05, 3.63) is 35.4 Å². The van der Waals surface area contributed by atoms with E-state index >= 15 is 0 Å². The second-order valence-electron chi connectivity index (χ2n) is 4.23. The molecule has 1 atom stereocenters. The summed E-state index contributed by atoms with van der Waals surface area (Å²) in [5.41, 5.74) is 5.24. The van der Waals surface area contributed by atoms with Gasteiger partial charge in [0, 0.05) is 6.42 Å². The van der Waals surface area contributed by atoms with Crippen LogP contribution >= 0.6 is 0 Å². The summed E-state index contributed by atoms with van der Waals surface area (Å²) in [5, 5.41) is 0. The fourth-order valence-corrected chi connectivity index (χ4v) is 2.13. The van der Waals surface area contributed by atoms with E-state index in [1.165, 1.54) is 6.07 Å². The Kier molecular flexibility index (Phi) is 2.76. The standard InChI is InChI=1S/C12H13F2NO/c13-9-5-4-8(7-10(9)14)12(15)6-2-1-3-11(12)16/h4-5,7H,1-3,6,15H2. The Bertz CT molecular complexity index is 433. The number of ketones is 1. The molecule has 1 aliphatic rings. The molecule has 1 aromatic carbocycles. The zero-order chi connectivity index (χ0) is 11.8. The van der Waals surface area contributed by atoms with Crippen LogP contribution in [0.4, 0.5) is 8.78 Å². The van der Waals surface area contributed by atoms with Crippen molar-refractivity contribution in [2.45, 2.75) is 31.2 Å². The van der Waals surface area contributed by atoms with Gasteiger partial charge in [0.05, 0.1) is 0 Å². The molecule has 0 spiro atoms. The number of Topliss-reactive ketones (excluding diaryl/α,β-unsaturated/α-hetero) is 1. The molecule has 0 radical (unpaired) electrons. The molecule has 2 rings (SSSR count). The largest absolute Gasteiger partial charge is 0.315 e. The summed E-state index contributed by atoms with van der Waals surface area (Å²) in [4.78, 5) is 11.8. The van der Waals surface area contributed by atoms with Gasteiger partial charge in [-0.2, -0.15) is 0 Å². The molecule has 0 heterocycles. The quantitative estimate of drug-likeness (QED) is 0.796. The van der Waals surface area contributed by atoms with Crippen LogP contribution in [0.3, 0.4) is 0 Å². The third-order valence-electron chi connectivity index (χ3n) is 3.16. The van der Waals surface area contributed by atoms with E-state index in [1.807, 2.05) is 0 Å². The highest BCUT2D eigenvalue weighted by molar-refractivity contribution is 5.90. The van der Waals surface area contributed by atoms with Gasteiger partial charge in [-0.1, -0.05) is 12.5 Å². The summed E-state index contributed by atoms with van der Waals surface area (Å²) in [6.07, 6.45) is 2.56. The number of benzene rings is 1. The van der Waals surface area contributed by atoms with Gasteiger partial charge in [-0.25, -0.2) is 8.78 Å². The van der Waals surface area contributed by atoms with Crippen LogP contribution in [0.25, 0.3) is 0 Å². The fourth-order valence-electron chi connectivity index (χ4n) is 2.13. The number of halogens is 2. The number of hydrogen-bond acceptors (Lipinski definition) is 2. The van der Waals surface area contributed by atoms with Crippen LogP contribution in [-0.4, -0.2) is 5.78 Å². The van der Waals surface area contributed by atoms with Crippen LogP contribution in [0, 0.1) is 11.6 Å². The van der Waals surface area contributed by atoms with Gasteiger partial charge in [-0.15, -0.1) is 0 Å². The van der Waals surface area contributed by atoms with Crippen molar-refractivity contribution in [2.24, 2.45) is 5.73 Å². The lowest BCUT2D eigenvalue weighted by Crippen LogP contribution is -2.46. The van der Waals surface area contributed by atoms with Crippen LogP contribution in [0.1, 0.15) is 31.2 Å². The monoisotopic (exact) mass is 225 g/mol. The molecule has 1 saturated carbocycles. The van der Waals surface area contributed by atoms with Gasteiger partial charge >= 0.3 is 0 Å². The minimum Gasteiger partial charge on any atom is -0.315 e. The van der Waals surface area contributed by atoms with E-state index in [0.717, 1.165) is 25.0 Å². The topological polar surface area (TPSA) is 43.1 Å². The van der Waals surface area contributed by atoms with Crippen LogP contribution in [-0.2, 0) is 10.3 Å². The second kappa shape index (κ2) is 3.94. The van der Waals surface area contributed by atoms with Crippen molar-refractivity contribution in [1.29, 1.82) is 0 Å². The molecule has 1 aromatic rings. The lowest BCUT2D eigenvalue weighted by Gasteiger charge is -2.32. The Morgan fingerprint density at radius 1 is 1.19 bits per heavy atom. The number of rotatable bonds is 1. The fraction of sp³-hybridized carbons (Fsp3) is 0.417. The molecule has 0 bridgehead atoms. The van der Waals surface area contributed by atoms with Crippen LogP contribution < -0.4 is 5.73 Å². The molecule has 0 saturated heterocycles. The van der Waals surface area contributed by atoms with Gasteiger partial charge < -0.3 is 5.73 Å². The average Bonchev–Trinajstić information content (AvgIpc) is 2.26. The van der Waals surface area contributed by atoms with E-state index in [0.29, 0.717) is 18.4 Å². The summed E-state index contributed by atoms with van der Waals surface area (Å²) in [5.74, 6) is -1.97. The van der Waals surface area contributed by atoms with Gasteiger partial charge in [-0.05, 0) is 30.5 Å². The number of carbonyl (C=O) groups is 1. The van der Waals surface area contributed by atoms with Gasteiger partial charge in [0.2, 0.25) is 0 Å². The Balaban J connectivity index is 2.41. The lowest BCUT2D eigenvalue weighted by molar-refractivity contribution is -0.126. The van der Waals surface area contributed by atoms with E-state index in [9.17, 15) is 13.6 Å². The Morgan fingerprint density at radius 2 is 1.94 bits per heavy atom. The van der Waals surface area contributed by atoms with Gasteiger partial charge in [0.1, 0.15) is 5.54 Å². The number of hydrogen-bond donors (Lipinski definition) is 1. The van der Waals surface area contributed by atoms with Crippen molar-refractivity contribution in [2.75, 3.05) is 0 Å². The predicted molar refractivity (Wildman–Crippen MR) is 55.7 cm³/mol. The molecule has 0 aromatic heterocycles. The smallest absolute Gasteiger partial charge is 0.159 e. The van der Waals surface area contributed by atoms with E-state index in [4.69, 9.17) is 5.73 Å². The van der Waals surface area contributed by atoms with Crippen LogP contribution in [0.2, 0.25) is 0 Å². The van der Waals surface area contributed by atoms with Crippen molar-refractivity contribution in [1.82, 2.24) is 0 Å². The first-order chi connectivity index (χ1) is 7.54. The molecule has 1 fully saturated rings. The molecule has 0 amide bonds. The zero-order valence-electron chi connectivity index (χ0n) is 8.80. The molecule has 86 valence electrons. The SMILES string of the molecule is NC1(c2ccc(F)c(F)c2)CCCCC1=O. The zero-order valence-corrected chi connectivity index (χ0v) is 8.80. The van der Waals surface area contributed by atoms with Gasteiger partial charge in [-0.3, -0.25) is 4.79 Å². The van der Waals surface area contributed by atoms with Gasteiger partial charge in [0.25, 0.3) is 0 Å². The Hall–Kier alpha value is -1.29. The molecule has 2 nitrogen and oxygen atoms in total. The van der Waals surface area contributed by atoms with Crippen molar-refractivity contribution in [3.8, 4) is 0 Å². The molecular weight excluding hydrogens is 212 g/mol. The third kappa shape index (κ3) is 1.73. The number of nitrogens with two attached hydrogens (primary N) is 1. The van der Waals surface area contributed by atoms with Gasteiger partial charge in [0.15, 0.2) is 17.4 Å². The molecule has 1 aliphatic carbocycles. The van der Waals surface area contributed by atoms with Crippen molar-refractivity contribution >= 4 is 5.78 Å².